The highest BCUT2D eigenvalue weighted by Gasteiger charge is 3.09. The van der Waals surface area contributed by atoms with Crippen LogP contribution in [0.25, 0.3) is 0 Å². The van der Waals surface area contributed by atoms with Crippen LogP contribution < -0.4 is 0 Å². The number of esters is 1. The molecule has 0 radical (unpaired) electrons. The van der Waals surface area contributed by atoms with E-state index in [1.807, 2.05) is 0 Å². The molecule has 1 rings (SSSR count). The maximum absolute atomic E-state index is 14.3. The molecule has 0 aromatic carbocycles. The highest BCUT2D eigenvalue weighted by Crippen LogP contribution is 2.76. The number of alkyl halides is 27. The Labute approximate surface area is 237 Å². The fraction of sp³-hybridized carbons (Fsp3) is 0.833. The van der Waals surface area contributed by atoms with Crippen molar-refractivity contribution in [3.8, 4) is 0 Å². The van der Waals surface area contributed by atoms with E-state index in [1.54, 1.807) is 0 Å². The molecule has 0 heterocycles. The third kappa shape index (κ3) is 4.22. The highest BCUT2D eigenvalue weighted by atomic mass is 19.4. The number of carbonyl (C=O) groups excluding carboxylic acids is 1. The van der Waals surface area contributed by atoms with Crippen molar-refractivity contribution in [2.24, 2.45) is 0 Å². The van der Waals surface area contributed by atoms with E-state index in [9.17, 15) is 123 Å². The standard InChI is InChI=1S/C18H5F27O2/c1-3(2)4(46)47-18(44,45)17(42,43)16(40,41)15(38,39)14(36,37)13(34,35)12(32,33)11(30,31)8(24,25)5(19)6(20,21)9(26,27)10(28,29)7(5,22)23/h1H2,2H3. The van der Waals surface area contributed by atoms with Crippen molar-refractivity contribution in [3.63, 3.8) is 0 Å². The summed E-state index contributed by atoms with van der Waals surface area (Å²) in [6.45, 7) is 2.49. The van der Waals surface area contributed by atoms with E-state index < -0.39 is 94.4 Å². The van der Waals surface area contributed by atoms with Gasteiger partial charge in [-0.3, -0.25) is 0 Å². The van der Waals surface area contributed by atoms with E-state index >= 15 is 0 Å². The zero-order valence-corrected chi connectivity index (χ0v) is 20.7. The monoisotopic (exact) mass is 766 g/mol. The fourth-order valence-electron chi connectivity index (χ4n) is 3.27. The van der Waals surface area contributed by atoms with E-state index in [4.69, 9.17) is 0 Å². The Kier molecular flexibility index (Phi) is 8.96. The molecule has 29 heteroatoms. The summed E-state index contributed by atoms with van der Waals surface area (Å²) in [5.41, 5.74) is -10.9. The largest absolute Gasteiger partial charge is 0.473 e. The molecular weight excluding hydrogens is 761 g/mol. The number of rotatable bonds is 11. The van der Waals surface area contributed by atoms with Gasteiger partial charge in [-0.05, 0) is 6.92 Å². The van der Waals surface area contributed by atoms with Gasteiger partial charge in [0.1, 0.15) is 0 Å². The SMILES string of the molecule is C=C(C)C(=O)OC(F)(F)C(F)(F)C(F)(F)C(F)(F)C(F)(F)C(F)(F)C(F)(F)C(F)(F)C(F)(F)C1(F)C(F)(F)C(F)(F)C(F)(F)C1(F)F. The third-order valence-corrected chi connectivity index (χ3v) is 6.18. The molecule has 0 bridgehead atoms. The van der Waals surface area contributed by atoms with E-state index in [1.165, 1.54) is 0 Å². The molecule has 1 aliphatic rings. The van der Waals surface area contributed by atoms with E-state index in [0.717, 1.165) is 0 Å². The van der Waals surface area contributed by atoms with Crippen LogP contribution in [0.2, 0.25) is 0 Å². The molecule has 0 spiro atoms. The molecule has 1 saturated carbocycles. The average Bonchev–Trinajstić information content (AvgIpc) is 2.90. The molecule has 2 nitrogen and oxygen atoms in total. The van der Waals surface area contributed by atoms with Crippen LogP contribution in [0, 0.1) is 0 Å². The lowest BCUT2D eigenvalue weighted by molar-refractivity contribution is -0.481. The molecule has 0 unspecified atom stereocenters. The topological polar surface area (TPSA) is 26.3 Å². The lowest BCUT2D eigenvalue weighted by Crippen LogP contribution is -2.79. The molecule has 1 aliphatic carbocycles. The van der Waals surface area contributed by atoms with Gasteiger partial charge in [0.2, 0.25) is 0 Å². The summed E-state index contributed by atoms with van der Waals surface area (Å²) >= 11 is 0. The summed E-state index contributed by atoms with van der Waals surface area (Å²) in [5.74, 6) is -114. The lowest BCUT2D eigenvalue weighted by Gasteiger charge is -2.46. The van der Waals surface area contributed by atoms with Crippen LogP contribution in [0.3, 0.4) is 0 Å². The zero-order valence-electron chi connectivity index (χ0n) is 20.7. The number of hydrogen-bond acceptors (Lipinski definition) is 2. The van der Waals surface area contributed by atoms with Gasteiger partial charge in [-0.25, -0.2) is 9.18 Å². The lowest BCUT2D eigenvalue weighted by atomic mass is 9.80. The number of carbonyl (C=O) groups is 1. The summed E-state index contributed by atoms with van der Waals surface area (Å²) in [6, 6.07) is 0. The molecule has 0 aliphatic heterocycles. The van der Waals surface area contributed by atoms with Gasteiger partial charge in [0, 0.05) is 5.57 Å². The highest BCUT2D eigenvalue weighted by molar-refractivity contribution is 5.87. The first-order chi connectivity index (χ1) is 19.8. The number of ether oxygens (including phenoxy) is 1. The predicted molar refractivity (Wildman–Crippen MR) is 89.1 cm³/mol. The Morgan fingerprint density at radius 1 is 0.447 bits per heavy atom. The Morgan fingerprint density at radius 3 is 0.936 bits per heavy atom. The Bertz CT molecular complexity index is 1250. The first kappa shape index (κ1) is 42.3. The average molecular weight is 766 g/mol. The zero-order chi connectivity index (χ0) is 38.9. The summed E-state index contributed by atoms with van der Waals surface area (Å²) in [6.07, 6.45) is -7.67. The third-order valence-electron chi connectivity index (χ3n) is 6.18. The normalized spacial score (nSPS) is 22.2. The van der Waals surface area contributed by atoms with Crippen LogP contribution in [0.1, 0.15) is 6.92 Å². The van der Waals surface area contributed by atoms with Crippen LogP contribution in [-0.4, -0.2) is 88.8 Å². The summed E-state index contributed by atoms with van der Waals surface area (Å²) in [4.78, 5) is 10.9. The first-order valence-corrected chi connectivity index (χ1v) is 10.3. The van der Waals surface area contributed by atoms with Gasteiger partial charge in [0.05, 0.1) is 0 Å². The smallest absolute Gasteiger partial charge is 0.393 e. The second kappa shape index (κ2) is 9.95. The van der Waals surface area contributed by atoms with Gasteiger partial charge < -0.3 is 4.74 Å². The van der Waals surface area contributed by atoms with Crippen molar-refractivity contribution in [2.75, 3.05) is 0 Å². The van der Waals surface area contributed by atoms with Crippen LogP contribution >= 0.6 is 0 Å². The van der Waals surface area contributed by atoms with Crippen molar-refractivity contribution in [1.82, 2.24) is 0 Å². The molecule has 278 valence electrons. The van der Waals surface area contributed by atoms with Crippen molar-refractivity contribution in [1.29, 1.82) is 0 Å². The second-order valence-corrected chi connectivity index (χ2v) is 9.24. The van der Waals surface area contributed by atoms with Crippen molar-refractivity contribution >= 4 is 5.97 Å². The van der Waals surface area contributed by atoms with Gasteiger partial charge in [-0.15, -0.1) is 0 Å². The Hall–Kier alpha value is -2.68. The first-order valence-electron chi connectivity index (χ1n) is 10.3. The summed E-state index contributed by atoms with van der Waals surface area (Å²) in [5, 5.41) is 0. The molecule has 0 N–H and O–H groups in total. The van der Waals surface area contributed by atoms with E-state index in [-0.39, 0.29) is 6.92 Å². The van der Waals surface area contributed by atoms with Crippen molar-refractivity contribution in [2.45, 2.75) is 89.8 Å². The second-order valence-electron chi connectivity index (χ2n) is 9.24. The molecule has 0 atom stereocenters. The van der Waals surface area contributed by atoms with Gasteiger partial charge in [0.15, 0.2) is 0 Å². The minimum Gasteiger partial charge on any atom is -0.393 e. The molecule has 0 aromatic heterocycles. The van der Waals surface area contributed by atoms with E-state index in [0.29, 0.717) is 0 Å². The fourth-order valence-corrected chi connectivity index (χ4v) is 3.27. The van der Waals surface area contributed by atoms with Gasteiger partial charge in [-0.1, -0.05) is 6.58 Å². The van der Waals surface area contributed by atoms with E-state index in [2.05, 4.69) is 11.3 Å². The maximum atomic E-state index is 14.3. The molecule has 47 heavy (non-hydrogen) atoms. The minimum atomic E-state index is -9.91. The summed E-state index contributed by atoms with van der Waals surface area (Å²) in [7, 11) is 0. The number of hydrogen-bond donors (Lipinski definition) is 0. The van der Waals surface area contributed by atoms with Crippen LogP contribution in [0.15, 0.2) is 12.2 Å². The van der Waals surface area contributed by atoms with Gasteiger partial charge in [0.25, 0.3) is 0 Å². The van der Waals surface area contributed by atoms with Crippen molar-refractivity contribution < 1.29 is 128 Å². The Balaban J connectivity index is 4.05. The number of halogens is 27. The molecule has 0 aromatic rings. The van der Waals surface area contributed by atoms with Crippen molar-refractivity contribution in [3.05, 3.63) is 12.2 Å². The minimum absolute atomic E-state index is 0.178. The van der Waals surface area contributed by atoms with Gasteiger partial charge in [-0.2, -0.15) is 114 Å². The molecular formula is C18H5F27O2. The Morgan fingerprint density at radius 2 is 0.681 bits per heavy atom. The quantitative estimate of drug-likeness (QED) is 0.119. The van der Waals surface area contributed by atoms with Crippen LogP contribution in [0.5, 0.6) is 0 Å². The van der Waals surface area contributed by atoms with Crippen LogP contribution in [-0.2, 0) is 9.53 Å². The maximum Gasteiger partial charge on any atom is 0.473 e. The predicted octanol–water partition coefficient (Wildman–Crippen LogP) is 9.04. The van der Waals surface area contributed by atoms with Gasteiger partial charge >= 0.3 is 88.8 Å². The van der Waals surface area contributed by atoms with Crippen LogP contribution in [0.4, 0.5) is 119 Å². The summed E-state index contributed by atoms with van der Waals surface area (Å²) < 4.78 is 372. The molecule has 0 amide bonds. The molecule has 0 saturated heterocycles. The molecule has 1 fully saturated rings.